The molecule has 1 aliphatic rings. The van der Waals surface area contributed by atoms with Gasteiger partial charge in [0, 0.05) is 6.04 Å². The highest BCUT2D eigenvalue weighted by Gasteiger charge is 2.33. The number of ether oxygens (including phenoxy) is 1. The minimum atomic E-state index is -1.06. The molecule has 19 heavy (non-hydrogen) atoms. The number of hydrogen-bond acceptors (Lipinski definition) is 3. The molecule has 0 heterocycles. The van der Waals surface area contributed by atoms with Crippen LogP contribution in [-0.4, -0.2) is 29.8 Å². The molecule has 2 atom stereocenters. The monoisotopic (exact) mass is 264 g/mol. The Morgan fingerprint density at radius 2 is 2.11 bits per heavy atom. The molecule has 1 aromatic carbocycles. The van der Waals surface area contributed by atoms with Crippen LogP contribution in [0.1, 0.15) is 13.3 Å². The number of amides is 2. The fourth-order valence-electron chi connectivity index (χ4n) is 1.69. The average molecular weight is 264 g/mol. The van der Waals surface area contributed by atoms with Crippen LogP contribution >= 0.6 is 0 Å². The summed E-state index contributed by atoms with van der Waals surface area (Å²) in [6, 6.07) is 6.64. The van der Waals surface area contributed by atoms with Crippen LogP contribution in [0.2, 0.25) is 0 Å². The number of carboxylic acids is 1. The van der Waals surface area contributed by atoms with E-state index < -0.39 is 12.6 Å². The van der Waals surface area contributed by atoms with Crippen molar-refractivity contribution in [3.05, 3.63) is 24.3 Å². The third-order valence-electron chi connectivity index (χ3n) is 2.91. The minimum Gasteiger partial charge on any atom is -0.480 e. The normalized spacial score (nSPS) is 20.5. The lowest BCUT2D eigenvalue weighted by Gasteiger charge is -2.11. The fraction of sp³-hybridized carbons (Fsp3) is 0.385. The van der Waals surface area contributed by atoms with Gasteiger partial charge < -0.3 is 20.5 Å². The van der Waals surface area contributed by atoms with Crippen LogP contribution in [0.15, 0.2) is 24.3 Å². The van der Waals surface area contributed by atoms with Crippen LogP contribution in [0.4, 0.5) is 10.5 Å². The van der Waals surface area contributed by atoms with Crippen LogP contribution in [0, 0.1) is 5.92 Å². The molecule has 6 nitrogen and oxygen atoms in total. The summed E-state index contributed by atoms with van der Waals surface area (Å²) in [6.07, 6.45) is 0.991. The first-order valence-electron chi connectivity index (χ1n) is 6.07. The highest BCUT2D eigenvalue weighted by Crippen LogP contribution is 2.29. The lowest BCUT2D eigenvalue weighted by molar-refractivity contribution is -0.139. The predicted molar refractivity (Wildman–Crippen MR) is 69.3 cm³/mol. The lowest BCUT2D eigenvalue weighted by Crippen LogP contribution is -2.31. The predicted octanol–water partition coefficient (Wildman–Crippen LogP) is 1.68. The molecule has 0 radical (unpaired) electrons. The smallest absolute Gasteiger partial charge is 0.341 e. The third-order valence-corrected chi connectivity index (χ3v) is 2.91. The SMILES string of the molecule is CC1CC1NC(=O)Nc1ccccc1OCC(=O)O. The molecular weight excluding hydrogens is 248 g/mol. The van der Waals surface area contributed by atoms with Gasteiger partial charge in [-0.1, -0.05) is 19.1 Å². The maximum atomic E-state index is 11.7. The van der Waals surface area contributed by atoms with Crippen LogP contribution in [-0.2, 0) is 4.79 Å². The van der Waals surface area contributed by atoms with E-state index in [1.165, 1.54) is 0 Å². The zero-order chi connectivity index (χ0) is 13.8. The van der Waals surface area contributed by atoms with E-state index in [0.717, 1.165) is 6.42 Å². The second kappa shape index (κ2) is 5.60. The Morgan fingerprint density at radius 3 is 2.74 bits per heavy atom. The number of carbonyl (C=O) groups excluding carboxylic acids is 1. The van der Waals surface area contributed by atoms with Crippen molar-refractivity contribution in [1.82, 2.24) is 5.32 Å². The quantitative estimate of drug-likeness (QED) is 0.755. The van der Waals surface area contributed by atoms with Crippen LogP contribution < -0.4 is 15.4 Å². The Balaban J connectivity index is 1.94. The van der Waals surface area contributed by atoms with Gasteiger partial charge in [0.05, 0.1) is 5.69 Å². The largest absolute Gasteiger partial charge is 0.480 e. The first-order chi connectivity index (χ1) is 9.06. The number of urea groups is 1. The van der Waals surface area contributed by atoms with Gasteiger partial charge in [-0.25, -0.2) is 9.59 Å². The Bertz CT molecular complexity index is 489. The van der Waals surface area contributed by atoms with E-state index in [9.17, 15) is 9.59 Å². The second-order valence-electron chi connectivity index (χ2n) is 4.60. The molecule has 2 rings (SSSR count). The Kier molecular flexibility index (Phi) is 3.89. The topological polar surface area (TPSA) is 87.7 Å². The number of rotatable bonds is 5. The highest BCUT2D eigenvalue weighted by molar-refractivity contribution is 5.91. The summed E-state index contributed by atoms with van der Waals surface area (Å²) in [6.45, 7) is 1.62. The van der Waals surface area contributed by atoms with Gasteiger partial charge in [0.25, 0.3) is 0 Å². The van der Waals surface area contributed by atoms with Crippen molar-refractivity contribution >= 4 is 17.7 Å². The third kappa shape index (κ3) is 3.87. The molecule has 1 aliphatic carbocycles. The molecule has 2 unspecified atom stereocenters. The molecule has 3 N–H and O–H groups in total. The molecular formula is C13H16N2O4. The number of benzene rings is 1. The number of hydrogen-bond donors (Lipinski definition) is 3. The van der Waals surface area contributed by atoms with Crippen molar-refractivity contribution < 1.29 is 19.4 Å². The Morgan fingerprint density at radius 1 is 1.42 bits per heavy atom. The number of nitrogens with one attached hydrogen (secondary N) is 2. The van der Waals surface area contributed by atoms with E-state index in [1.807, 2.05) is 0 Å². The first-order valence-corrected chi connectivity index (χ1v) is 6.07. The van der Waals surface area contributed by atoms with E-state index in [1.54, 1.807) is 24.3 Å². The minimum absolute atomic E-state index is 0.229. The van der Waals surface area contributed by atoms with Crippen LogP contribution in [0.25, 0.3) is 0 Å². The van der Waals surface area contributed by atoms with Gasteiger partial charge in [-0.3, -0.25) is 0 Å². The molecule has 0 spiro atoms. The number of carboxylic acid groups (broad SMARTS) is 1. The van der Waals surface area contributed by atoms with Crippen molar-refractivity contribution in [3.63, 3.8) is 0 Å². The van der Waals surface area contributed by atoms with E-state index in [0.29, 0.717) is 17.4 Å². The van der Waals surface area contributed by atoms with E-state index in [4.69, 9.17) is 9.84 Å². The van der Waals surface area contributed by atoms with Gasteiger partial charge in [-0.2, -0.15) is 0 Å². The molecule has 0 saturated heterocycles. The van der Waals surface area contributed by atoms with Gasteiger partial charge in [-0.05, 0) is 24.5 Å². The van der Waals surface area contributed by atoms with Crippen molar-refractivity contribution in [2.45, 2.75) is 19.4 Å². The van der Waals surface area contributed by atoms with E-state index in [-0.39, 0.29) is 12.1 Å². The maximum Gasteiger partial charge on any atom is 0.341 e. The lowest BCUT2D eigenvalue weighted by atomic mass is 10.3. The molecule has 6 heteroatoms. The second-order valence-corrected chi connectivity index (χ2v) is 4.60. The highest BCUT2D eigenvalue weighted by atomic mass is 16.5. The summed E-state index contributed by atoms with van der Waals surface area (Å²) >= 11 is 0. The summed E-state index contributed by atoms with van der Waals surface area (Å²) < 4.78 is 5.10. The van der Waals surface area contributed by atoms with Crippen molar-refractivity contribution in [1.29, 1.82) is 0 Å². The molecule has 0 aliphatic heterocycles. The summed E-state index contributed by atoms with van der Waals surface area (Å²) in [5.41, 5.74) is 0.453. The molecule has 1 aromatic rings. The fourth-order valence-corrected chi connectivity index (χ4v) is 1.69. The first kappa shape index (κ1) is 13.2. The number of carbonyl (C=O) groups is 2. The molecule has 1 saturated carbocycles. The number of aliphatic carboxylic acids is 1. The Labute approximate surface area is 110 Å². The van der Waals surface area contributed by atoms with E-state index in [2.05, 4.69) is 17.6 Å². The number of anilines is 1. The zero-order valence-corrected chi connectivity index (χ0v) is 10.6. The maximum absolute atomic E-state index is 11.7. The number of para-hydroxylation sites is 2. The Hall–Kier alpha value is -2.24. The molecule has 0 aromatic heterocycles. The van der Waals surface area contributed by atoms with Gasteiger partial charge in [0.1, 0.15) is 5.75 Å². The summed E-state index contributed by atoms with van der Waals surface area (Å²) in [5, 5.41) is 14.1. The van der Waals surface area contributed by atoms with Crippen molar-refractivity contribution in [2.24, 2.45) is 5.92 Å². The summed E-state index contributed by atoms with van der Waals surface area (Å²) in [4.78, 5) is 22.2. The van der Waals surface area contributed by atoms with Crippen molar-refractivity contribution in [2.75, 3.05) is 11.9 Å². The van der Waals surface area contributed by atoms with E-state index >= 15 is 0 Å². The van der Waals surface area contributed by atoms with Crippen molar-refractivity contribution in [3.8, 4) is 5.75 Å². The summed E-state index contributed by atoms with van der Waals surface area (Å²) in [5.74, 6) is -0.209. The molecule has 2 amide bonds. The average Bonchev–Trinajstić information content (AvgIpc) is 3.03. The zero-order valence-electron chi connectivity index (χ0n) is 10.6. The van der Waals surface area contributed by atoms with Crippen LogP contribution in [0.3, 0.4) is 0 Å². The summed E-state index contributed by atoms with van der Waals surface area (Å²) in [7, 11) is 0. The molecule has 0 bridgehead atoms. The molecule has 1 fully saturated rings. The van der Waals surface area contributed by atoms with Gasteiger partial charge in [-0.15, -0.1) is 0 Å². The standard InChI is InChI=1S/C13H16N2O4/c1-8-6-10(8)15-13(18)14-9-4-2-3-5-11(9)19-7-12(16)17/h2-5,8,10H,6-7H2,1H3,(H,16,17)(H2,14,15,18). The molecule has 102 valence electrons. The van der Waals surface area contributed by atoms with Gasteiger partial charge >= 0.3 is 12.0 Å². The van der Waals surface area contributed by atoms with Crippen LogP contribution in [0.5, 0.6) is 5.75 Å². The van der Waals surface area contributed by atoms with Gasteiger partial charge in [0.15, 0.2) is 6.61 Å². The van der Waals surface area contributed by atoms with Gasteiger partial charge in [0.2, 0.25) is 0 Å².